The minimum Gasteiger partial charge on any atom is -0.382 e. The van der Waals surface area contributed by atoms with Gasteiger partial charge in [-0.1, -0.05) is 0 Å². The van der Waals surface area contributed by atoms with Gasteiger partial charge >= 0.3 is 0 Å². The summed E-state index contributed by atoms with van der Waals surface area (Å²) >= 11 is 0. The van der Waals surface area contributed by atoms with E-state index in [4.69, 9.17) is 18.9 Å². The van der Waals surface area contributed by atoms with E-state index in [0.29, 0.717) is 39.8 Å². The van der Waals surface area contributed by atoms with E-state index in [1.165, 1.54) is 0 Å². The highest BCUT2D eigenvalue weighted by atomic mass is 16.7. The zero-order valence-corrected chi connectivity index (χ0v) is 7.88. The van der Waals surface area contributed by atoms with Crippen LogP contribution >= 0.6 is 0 Å². The third kappa shape index (κ3) is 9.84. The van der Waals surface area contributed by atoms with Gasteiger partial charge in [-0.3, -0.25) is 0 Å². The first-order valence-corrected chi connectivity index (χ1v) is 4.14. The van der Waals surface area contributed by atoms with E-state index in [2.05, 4.69) is 0 Å². The van der Waals surface area contributed by atoms with Gasteiger partial charge in [-0.25, -0.2) is 0 Å². The maximum absolute atomic E-state index is 5.15. The molecule has 0 saturated carbocycles. The Balaban J connectivity index is 2.73. The summed E-state index contributed by atoms with van der Waals surface area (Å²) in [4.78, 5) is 0. The van der Waals surface area contributed by atoms with E-state index in [1.54, 1.807) is 7.11 Å². The molecule has 0 rings (SSSR count). The maximum Gasteiger partial charge on any atom is 0.146 e. The van der Waals surface area contributed by atoms with Crippen LogP contribution in [0.25, 0.3) is 0 Å². The molecule has 0 unspecified atom stereocenters. The molecule has 0 fully saturated rings. The van der Waals surface area contributed by atoms with E-state index in [1.807, 2.05) is 6.92 Å². The average molecular weight is 178 g/mol. The largest absolute Gasteiger partial charge is 0.382 e. The second-order valence-electron chi connectivity index (χ2n) is 2.12. The maximum atomic E-state index is 5.15. The van der Waals surface area contributed by atoms with Crippen LogP contribution in [0.5, 0.6) is 0 Å². The lowest BCUT2D eigenvalue weighted by molar-refractivity contribution is -0.0680. The minimum atomic E-state index is 0.351. The van der Waals surface area contributed by atoms with E-state index in [0.717, 1.165) is 0 Å². The molecular weight excluding hydrogens is 160 g/mol. The van der Waals surface area contributed by atoms with Crippen molar-refractivity contribution in [1.29, 1.82) is 0 Å². The number of ether oxygens (including phenoxy) is 4. The first-order chi connectivity index (χ1) is 5.91. The molecule has 0 bridgehead atoms. The van der Waals surface area contributed by atoms with Crippen LogP contribution in [0.3, 0.4) is 0 Å². The first kappa shape index (κ1) is 11.8. The molecule has 0 atom stereocenters. The lowest BCUT2D eigenvalue weighted by Gasteiger charge is -2.04. The Morgan fingerprint density at radius 2 is 1.50 bits per heavy atom. The fourth-order valence-corrected chi connectivity index (χ4v) is 0.563. The predicted octanol–water partition coefficient (Wildman–Crippen LogP) is 0.660. The molecule has 4 heteroatoms. The highest BCUT2D eigenvalue weighted by molar-refractivity contribution is 4.29. The summed E-state index contributed by atoms with van der Waals surface area (Å²) in [6.07, 6.45) is 0. The molecule has 0 heterocycles. The van der Waals surface area contributed by atoms with Gasteiger partial charge in [0, 0.05) is 13.7 Å². The molecule has 0 aromatic heterocycles. The molecule has 4 nitrogen and oxygen atoms in total. The predicted molar refractivity (Wildman–Crippen MR) is 45.1 cm³/mol. The topological polar surface area (TPSA) is 36.9 Å². The third-order valence-corrected chi connectivity index (χ3v) is 1.17. The van der Waals surface area contributed by atoms with Crippen LogP contribution < -0.4 is 0 Å². The highest BCUT2D eigenvalue weighted by Crippen LogP contribution is 1.80. The minimum absolute atomic E-state index is 0.351. The van der Waals surface area contributed by atoms with Gasteiger partial charge in [-0.2, -0.15) is 0 Å². The van der Waals surface area contributed by atoms with Crippen LogP contribution in [-0.4, -0.2) is 46.9 Å². The van der Waals surface area contributed by atoms with Gasteiger partial charge in [0.05, 0.1) is 26.4 Å². The lowest BCUT2D eigenvalue weighted by Crippen LogP contribution is -2.09. The normalized spacial score (nSPS) is 10.5. The van der Waals surface area contributed by atoms with Crippen molar-refractivity contribution in [3.63, 3.8) is 0 Å². The number of rotatable bonds is 9. The zero-order chi connectivity index (χ0) is 9.07. The van der Waals surface area contributed by atoms with E-state index >= 15 is 0 Å². The smallest absolute Gasteiger partial charge is 0.146 e. The van der Waals surface area contributed by atoms with Gasteiger partial charge < -0.3 is 18.9 Å². The Hall–Kier alpha value is -0.160. The molecule has 0 aliphatic rings. The van der Waals surface area contributed by atoms with Crippen LogP contribution in [0.15, 0.2) is 0 Å². The Morgan fingerprint density at radius 3 is 2.17 bits per heavy atom. The Kier molecular flexibility index (Phi) is 10.7. The van der Waals surface area contributed by atoms with Crippen LogP contribution in [0.2, 0.25) is 0 Å². The standard InChI is InChI=1S/C8H18O4/c1-3-10-8-12-7-6-11-5-4-9-2/h3-8H2,1-2H3. The molecule has 74 valence electrons. The van der Waals surface area contributed by atoms with Gasteiger partial charge in [-0.15, -0.1) is 0 Å². The van der Waals surface area contributed by atoms with Gasteiger partial charge in [0.2, 0.25) is 0 Å². The first-order valence-electron chi connectivity index (χ1n) is 4.14. The van der Waals surface area contributed by atoms with Crippen molar-refractivity contribution in [2.24, 2.45) is 0 Å². The fraction of sp³-hybridized carbons (Fsp3) is 1.00. The van der Waals surface area contributed by atoms with Crippen LogP contribution in [0, 0.1) is 0 Å². The van der Waals surface area contributed by atoms with Gasteiger partial charge in [0.25, 0.3) is 0 Å². The molecule has 0 N–H and O–H groups in total. The quantitative estimate of drug-likeness (QED) is 0.384. The van der Waals surface area contributed by atoms with Crippen molar-refractivity contribution >= 4 is 0 Å². The molecule has 0 amide bonds. The molecular formula is C8H18O4. The van der Waals surface area contributed by atoms with Crippen molar-refractivity contribution in [3.05, 3.63) is 0 Å². The number of hydrogen-bond acceptors (Lipinski definition) is 4. The van der Waals surface area contributed by atoms with Crippen LogP contribution in [0.1, 0.15) is 6.92 Å². The molecule has 0 spiro atoms. The van der Waals surface area contributed by atoms with E-state index in [9.17, 15) is 0 Å². The van der Waals surface area contributed by atoms with Gasteiger partial charge in [-0.05, 0) is 6.92 Å². The molecule has 0 aliphatic heterocycles. The third-order valence-electron chi connectivity index (χ3n) is 1.17. The van der Waals surface area contributed by atoms with Crippen molar-refractivity contribution in [3.8, 4) is 0 Å². The molecule has 0 aliphatic carbocycles. The Morgan fingerprint density at radius 1 is 0.833 bits per heavy atom. The molecule has 0 saturated heterocycles. The van der Waals surface area contributed by atoms with Crippen molar-refractivity contribution in [2.45, 2.75) is 6.92 Å². The van der Waals surface area contributed by atoms with Gasteiger partial charge in [0.15, 0.2) is 0 Å². The van der Waals surface area contributed by atoms with Crippen LogP contribution in [0.4, 0.5) is 0 Å². The SMILES string of the molecule is CCOCOCCOCCOC. The van der Waals surface area contributed by atoms with Crippen molar-refractivity contribution in [1.82, 2.24) is 0 Å². The highest BCUT2D eigenvalue weighted by Gasteiger charge is 1.88. The second kappa shape index (κ2) is 10.8. The molecule has 0 radical (unpaired) electrons. The monoisotopic (exact) mass is 178 g/mol. The summed E-state index contributed by atoms with van der Waals surface area (Å²) in [6, 6.07) is 0. The zero-order valence-electron chi connectivity index (χ0n) is 7.88. The molecule has 0 aromatic carbocycles. The van der Waals surface area contributed by atoms with Crippen LogP contribution in [-0.2, 0) is 18.9 Å². The Labute approximate surface area is 73.7 Å². The molecule has 0 aromatic rings. The molecule has 12 heavy (non-hydrogen) atoms. The number of hydrogen-bond donors (Lipinski definition) is 0. The summed E-state index contributed by atoms with van der Waals surface area (Å²) in [7, 11) is 1.65. The summed E-state index contributed by atoms with van der Waals surface area (Å²) in [6.45, 7) is 5.38. The second-order valence-corrected chi connectivity index (χ2v) is 2.12. The fourth-order valence-electron chi connectivity index (χ4n) is 0.563. The number of methoxy groups -OCH3 is 1. The van der Waals surface area contributed by atoms with Crippen molar-refractivity contribution in [2.75, 3.05) is 46.9 Å². The Bertz CT molecular complexity index is 67.5. The summed E-state index contributed by atoms with van der Waals surface area (Å²) in [5, 5.41) is 0. The summed E-state index contributed by atoms with van der Waals surface area (Å²) in [5.41, 5.74) is 0. The summed E-state index contributed by atoms with van der Waals surface area (Å²) < 4.78 is 20.0. The van der Waals surface area contributed by atoms with Gasteiger partial charge in [0.1, 0.15) is 6.79 Å². The van der Waals surface area contributed by atoms with Crippen molar-refractivity contribution < 1.29 is 18.9 Å². The van der Waals surface area contributed by atoms with E-state index in [-0.39, 0.29) is 0 Å². The average Bonchev–Trinajstić information content (AvgIpc) is 2.10. The van der Waals surface area contributed by atoms with E-state index < -0.39 is 0 Å². The lowest BCUT2D eigenvalue weighted by atomic mass is 10.7. The summed E-state index contributed by atoms with van der Waals surface area (Å²) in [5.74, 6) is 0.